The number of hydrogen-bond acceptors (Lipinski definition) is 3. The van der Waals surface area contributed by atoms with Crippen LogP contribution in [0.5, 0.6) is 0 Å². The molecule has 0 saturated carbocycles. The molecule has 0 amide bonds. The van der Waals surface area contributed by atoms with Crippen molar-refractivity contribution in [1.29, 1.82) is 0 Å². The monoisotopic (exact) mass is 898 g/mol. The molecule has 2 aliphatic heterocycles. The van der Waals surface area contributed by atoms with Crippen molar-refractivity contribution in [3.05, 3.63) is 161 Å². The first kappa shape index (κ1) is 40.5. The van der Waals surface area contributed by atoms with Crippen molar-refractivity contribution in [2.45, 2.75) is 97.8 Å². The van der Waals surface area contributed by atoms with Crippen LogP contribution in [0.15, 0.2) is 138 Å². The fraction of sp³-hybridized carbons (Fsp3) is 0.238. The van der Waals surface area contributed by atoms with Crippen molar-refractivity contribution in [2.75, 3.05) is 4.81 Å². The topological polar surface area (TPSA) is 21.3 Å². The van der Waals surface area contributed by atoms with E-state index in [2.05, 4.69) is 219 Å². The maximum atomic E-state index is 6.96. The molecule has 0 radical (unpaired) electrons. The summed E-state index contributed by atoms with van der Waals surface area (Å²) < 4.78 is 12.3. The number of anilines is 2. The summed E-state index contributed by atoms with van der Waals surface area (Å²) in [6.45, 7) is 25.6. The Morgan fingerprint density at radius 3 is 1.94 bits per heavy atom. The maximum absolute atomic E-state index is 6.96. The van der Waals surface area contributed by atoms with Gasteiger partial charge in [0.15, 0.2) is 0 Å². The van der Waals surface area contributed by atoms with E-state index in [-0.39, 0.29) is 28.5 Å². The Bertz CT molecular complexity index is 4060. The number of aromatic nitrogens is 1. The Balaban J connectivity index is 1.22. The van der Waals surface area contributed by atoms with Crippen LogP contribution in [0.1, 0.15) is 104 Å². The van der Waals surface area contributed by atoms with Crippen LogP contribution in [-0.2, 0) is 21.7 Å². The zero-order valence-electron chi connectivity index (χ0n) is 41.0. The van der Waals surface area contributed by atoms with Crippen LogP contribution >= 0.6 is 11.3 Å². The molecule has 3 aromatic heterocycles. The molecular weight excluding hydrogens is 844 g/mol. The summed E-state index contributed by atoms with van der Waals surface area (Å²) in [5.74, 6) is 0. The molecule has 5 heterocycles. The van der Waals surface area contributed by atoms with Crippen molar-refractivity contribution in [3.63, 3.8) is 0 Å². The molecule has 0 fully saturated rings. The standard InChI is InChI=1S/C63H55BN2OS/c1-60(2,3)34-20-24-37(25-21-34)66-49-33-52-42(41-28-36(62(7,8)9)23-27-51(41)67-52)30-44(49)54-55-39-17-13-15-19-53(39)68-59(55)56-43-29-35(61(4,5)6)22-26-48(43)65-50-32-46-40(31-47(50)64(66)57(54)58(56)65)38-16-12-14-18-45(38)63(46,10)11/h12-33H,1-11H3. The molecule has 3 aliphatic rings. The molecule has 3 nitrogen and oxygen atoms in total. The molecule has 0 atom stereocenters. The average Bonchev–Trinajstić information content (AvgIpc) is 4.03. The SMILES string of the molecule is CC(C)(C)c1ccc(N2B3c4cc5c(cc4-n4c6ccc(C(C)(C)C)cc6c6c7sc8ccccc8c7c(c3c64)-c3cc4c(cc32)oc2ccc(C(C)(C)C)cc24)C(C)(C)c2ccccc2-5)cc1. The van der Waals surface area contributed by atoms with E-state index in [1.54, 1.807) is 0 Å². The molecule has 1 aliphatic carbocycles. The third kappa shape index (κ3) is 5.21. The molecule has 0 bridgehead atoms. The van der Waals surface area contributed by atoms with Crippen molar-refractivity contribution in [1.82, 2.24) is 4.57 Å². The lowest BCUT2D eigenvalue weighted by atomic mass is 9.43. The lowest BCUT2D eigenvalue weighted by Gasteiger charge is -2.42. The second kappa shape index (κ2) is 12.9. The Kier molecular flexibility index (Phi) is 7.71. The number of rotatable bonds is 1. The highest BCUT2D eigenvalue weighted by Crippen LogP contribution is 2.56. The van der Waals surface area contributed by atoms with Gasteiger partial charge in [0, 0.05) is 75.8 Å². The molecule has 0 spiro atoms. The van der Waals surface area contributed by atoms with Gasteiger partial charge in [-0.2, -0.15) is 0 Å². The Labute approximate surface area is 403 Å². The van der Waals surface area contributed by atoms with Crippen LogP contribution in [-0.4, -0.2) is 11.4 Å². The highest BCUT2D eigenvalue weighted by Gasteiger charge is 2.48. The predicted molar refractivity (Wildman–Crippen MR) is 294 cm³/mol. The van der Waals surface area contributed by atoms with Gasteiger partial charge in [0.1, 0.15) is 11.2 Å². The van der Waals surface area contributed by atoms with Crippen LogP contribution < -0.4 is 15.7 Å². The van der Waals surface area contributed by atoms with Gasteiger partial charge >= 0.3 is 6.85 Å². The van der Waals surface area contributed by atoms with Crippen LogP contribution in [0.25, 0.3) is 91.9 Å². The number of benzene rings is 8. The summed E-state index contributed by atoms with van der Waals surface area (Å²) in [5, 5.41) is 7.72. The van der Waals surface area contributed by atoms with E-state index in [0.717, 1.165) is 16.6 Å². The maximum Gasteiger partial charge on any atom is 0.333 e. The normalized spacial score (nSPS) is 15.0. The van der Waals surface area contributed by atoms with Crippen molar-refractivity contribution in [2.24, 2.45) is 0 Å². The van der Waals surface area contributed by atoms with Crippen molar-refractivity contribution >= 4 is 104 Å². The number of fused-ring (bicyclic) bond motifs is 19. The lowest BCUT2D eigenvalue weighted by Crippen LogP contribution is -2.60. The Morgan fingerprint density at radius 2 is 1.19 bits per heavy atom. The van der Waals surface area contributed by atoms with Crippen molar-refractivity contribution in [3.8, 4) is 27.9 Å². The highest BCUT2D eigenvalue weighted by molar-refractivity contribution is 7.27. The van der Waals surface area contributed by atoms with Gasteiger partial charge in [-0.3, -0.25) is 0 Å². The minimum Gasteiger partial charge on any atom is -0.456 e. The second-order valence-corrected chi connectivity index (χ2v) is 24.8. The van der Waals surface area contributed by atoms with Gasteiger partial charge in [-0.1, -0.05) is 149 Å². The van der Waals surface area contributed by atoms with Crippen LogP contribution in [0, 0.1) is 0 Å². The van der Waals surface area contributed by atoms with Gasteiger partial charge in [-0.25, -0.2) is 0 Å². The summed E-state index contributed by atoms with van der Waals surface area (Å²) in [5.41, 5.74) is 22.7. The largest absolute Gasteiger partial charge is 0.456 e. The van der Waals surface area contributed by atoms with Crippen molar-refractivity contribution < 1.29 is 4.42 Å². The quantitative estimate of drug-likeness (QED) is 0.153. The summed E-state index contributed by atoms with van der Waals surface area (Å²) in [6, 6.07) is 52.0. The summed E-state index contributed by atoms with van der Waals surface area (Å²) in [6.07, 6.45) is 0. The minimum atomic E-state index is -0.162. The Morgan fingerprint density at radius 1 is 0.529 bits per heavy atom. The van der Waals surface area contributed by atoms with E-state index in [4.69, 9.17) is 4.42 Å². The molecule has 14 rings (SSSR count). The fourth-order valence-electron chi connectivity index (χ4n) is 12.6. The number of thiophene rings is 1. The average molecular weight is 899 g/mol. The lowest BCUT2D eigenvalue weighted by molar-refractivity contribution is 0.590. The number of nitrogens with zero attached hydrogens (tertiary/aromatic N) is 2. The van der Waals surface area contributed by atoms with E-state index >= 15 is 0 Å². The first-order chi connectivity index (χ1) is 32.4. The van der Waals surface area contributed by atoms with E-state index in [9.17, 15) is 0 Å². The zero-order chi connectivity index (χ0) is 46.7. The summed E-state index contributed by atoms with van der Waals surface area (Å²) >= 11 is 1.97. The van der Waals surface area contributed by atoms with Gasteiger partial charge < -0.3 is 13.8 Å². The third-order valence-corrected chi connectivity index (χ3v) is 17.4. The summed E-state index contributed by atoms with van der Waals surface area (Å²) in [7, 11) is 0. The molecule has 332 valence electrons. The molecule has 0 N–H and O–H groups in total. The van der Waals surface area contributed by atoms with E-state index in [1.165, 1.54) is 125 Å². The van der Waals surface area contributed by atoms with Crippen LogP contribution in [0.3, 0.4) is 0 Å². The number of hydrogen-bond donors (Lipinski definition) is 0. The first-order valence-electron chi connectivity index (χ1n) is 24.5. The molecule has 11 aromatic rings. The summed E-state index contributed by atoms with van der Waals surface area (Å²) in [4.78, 5) is 2.69. The molecule has 5 heteroatoms. The van der Waals surface area contributed by atoms with Gasteiger partial charge in [-0.05, 0) is 126 Å². The minimum absolute atomic E-state index is 0.00421. The number of furan rings is 1. The van der Waals surface area contributed by atoms with E-state index in [1.807, 2.05) is 11.3 Å². The molecular formula is C63H55BN2OS. The van der Waals surface area contributed by atoms with Crippen LogP contribution in [0.4, 0.5) is 11.4 Å². The van der Waals surface area contributed by atoms with Gasteiger partial charge in [0.05, 0.1) is 11.0 Å². The molecule has 0 saturated heterocycles. The fourth-order valence-corrected chi connectivity index (χ4v) is 13.8. The Hall–Kier alpha value is -6.56. The molecule has 68 heavy (non-hydrogen) atoms. The van der Waals surface area contributed by atoms with Gasteiger partial charge in [0.2, 0.25) is 0 Å². The first-order valence-corrected chi connectivity index (χ1v) is 25.3. The smallest absolute Gasteiger partial charge is 0.333 e. The van der Waals surface area contributed by atoms with E-state index in [0.29, 0.717) is 0 Å². The van der Waals surface area contributed by atoms with Crippen LogP contribution in [0.2, 0.25) is 0 Å². The third-order valence-electron chi connectivity index (χ3n) is 16.2. The molecule has 0 unspecified atom stereocenters. The highest BCUT2D eigenvalue weighted by atomic mass is 32.1. The zero-order valence-corrected chi connectivity index (χ0v) is 41.8. The van der Waals surface area contributed by atoms with Gasteiger partial charge in [0.25, 0.3) is 0 Å². The second-order valence-electron chi connectivity index (χ2n) is 23.8. The van der Waals surface area contributed by atoms with Gasteiger partial charge in [-0.15, -0.1) is 11.3 Å². The van der Waals surface area contributed by atoms with E-state index < -0.39 is 0 Å². The molecule has 8 aromatic carbocycles. The predicted octanol–water partition coefficient (Wildman–Crippen LogP) is 16.5.